The lowest BCUT2D eigenvalue weighted by Crippen LogP contribution is -1.55. The van der Waals surface area contributed by atoms with E-state index in [1.54, 1.807) is 0 Å². The molecule has 0 aromatic rings. The fraction of sp³-hybridized carbons (Fsp3) is 0.143. The Kier molecular flexibility index (Phi) is 5.43. The molecule has 38 valence electrons. The first-order chi connectivity index (χ1) is 3.91. The van der Waals surface area contributed by atoms with E-state index in [9.17, 15) is 0 Å². The quantitative estimate of drug-likeness (QED) is 0.322. The molecule has 0 aromatic carbocycles. The van der Waals surface area contributed by atoms with Crippen LogP contribution >= 0.6 is 9.24 Å². The summed E-state index contributed by atoms with van der Waals surface area (Å²) in [6, 6.07) is 0. The third-order valence-corrected chi connectivity index (χ3v) is 0.592. The molecule has 0 radical (unpaired) electrons. The molecule has 0 aliphatic heterocycles. The molecule has 0 spiro atoms. The fourth-order valence-electron chi connectivity index (χ4n) is 0.163. The van der Waals surface area contributed by atoms with Gasteiger partial charge in [-0.3, -0.25) is 0 Å². The highest BCUT2D eigenvalue weighted by Gasteiger charge is 1.54. The zero-order chi connectivity index (χ0) is 6.24. The molecule has 0 nitrogen and oxygen atoms in total. The van der Waals surface area contributed by atoms with Gasteiger partial charge in [0.05, 0.1) is 0 Å². The van der Waals surface area contributed by atoms with Crippen molar-refractivity contribution in [1.82, 2.24) is 0 Å². The highest BCUT2D eigenvalue weighted by atomic mass is 31.0. The lowest BCUT2D eigenvalue weighted by Gasteiger charge is -1.59. The van der Waals surface area contributed by atoms with Crippen LogP contribution in [-0.4, -0.2) is 6.16 Å². The average Bonchev–Trinajstić information content (AvgIpc) is 1.81. The molecule has 0 N–H and O–H groups in total. The van der Waals surface area contributed by atoms with Crippen LogP contribution in [0.2, 0.25) is 0 Å². The SMILES string of the molecule is C#CC#CC#CCP. The van der Waals surface area contributed by atoms with Crippen LogP contribution in [0.25, 0.3) is 0 Å². The predicted octanol–water partition coefficient (Wildman–Crippen LogP) is 0.501. The summed E-state index contributed by atoms with van der Waals surface area (Å²) in [7, 11) is 2.47. The lowest BCUT2D eigenvalue weighted by molar-refractivity contribution is 1.96. The number of terminal acetylenes is 1. The first-order valence-corrected chi connectivity index (χ1v) is 2.87. The lowest BCUT2D eigenvalue weighted by atomic mass is 10.5. The second-order valence-electron chi connectivity index (χ2n) is 0.900. The van der Waals surface area contributed by atoms with Crippen molar-refractivity contribution in [2.24, 2.45) is 0 Å². The van der Waals surface area contributed by atoms with Crippen molar-refractivity contribution < 1.29 is 0 Å². The molecule has 1 atom stereocenters. The van der Waals surface area contributed by atoms with Gasteiger partial charge >= 0.3 is 0 Å². The molecule has 8 heavy (non-hydrogen) atoms. The first-order valence-electron chi connectivity index (χ1n) is 2.05. The maximum absolute atomic E-state index is 4.81. The van der Waals surface area contributed by atoms with Crippen LogP contribution in [0.4, 0.5) is 0 Å². The minimum Gasteiger partial charge on any atom is -0.125 e. The third-order valence-electron chi connectivity index (χ3n) is 0.388. The van der Waals surface area contributed by atoms with Gasteiger partial charge < -0.3 is 0 Å². The summed E-state index contributed by atoms with van der Waals surface area (Å²) in [6.07, 6.45) is 5.56. The van der Waals surface area contributed by atoms with E-state index in [-0.39, 0.29) is 0 Å². The fourth-order valence-corrected chi connectivity index (χ4v) is 0.265. The van der Waals surface area contributed by atoms with Gasteiger partial charge in [-0.2, -0.15) is 0 Å². The maximum atomic E-state index is 4.81. The Morgan fingerprint density at radius 3 is 2.50 bits per heavy atom. The molecule has 0 aliphatic carbocycles. The van der Waals surface area contributed by atoms with E-state index in [4.69, 9.17) is 6.42 Å². The highest BCUT2D eigenvalue weighted by molar-refractivity contribution is 7.16. The molecule has 1 heteroatoms. The van der Waals surface area contributed by atoms with E-state index in [0.29, 0.717) is 0 Å². The second-order valence-corrected chi connectivity index (χ2v) is 1.31. The number of rotatable bonds is 0. The van der Waals surface area contributed by atoms with E-state index >= 15 is 0 Å². The Bertz CT molecular complexity index is 199. The van der Waals surface area contributed by atoms with Crippen molar-refractivity contribution in [3.05, 3.63) is 0 Å². The molecule has 0 aliphatic rings. The van der Waals surface area contributed by atoms with Crippen LogP contribution in [0.5, 0.6) is 0 Å². The van der Waals surface area contributed by atoms with Crippen molar-refractivity contribution >= 4 is 9.24 Å². The maximum Gasteiger partial charge on any atom is 0.0244 e. The standard InChI is InChI=1S/C7H5P/c1-2-3-4-5-6-7-8/h1H,7-8H2. The first kappa shape index (κ1) is 7.11. The second kappa shape index (κ2) is 6.11. The summed E-state index contributed by atoms with van der Waals surface area (Å²) in [5.41, 5.74) is 0. The van der Waals surface area contributed by atoms with E-state index in [1.807, 2.05) is 0 Å². The van der Waals surface area contributed by atoms with Crippen LogP contribution in [0, 0.1) is 36.0 Å². The number of hydrogen-bond donors (Lipinski definition) is 0. The van der Waals surface area contributed by atoms with Crippen molar-refractivity contribution in [2.75, 3.05) is 6.16 Å². The molecule has 0 heterocycles. The van der Waals surface area contributed by atoms with Gasteiger partial charge in [-0.1, -0.05) is 5.92 Å². The van der Waals surface area contributed by atoms with Crippen LogP contribution in [0.15, 0.2) is 0 Å². The Morgan fingerprint density at radius 2 is 2.00 bits per heavy atom. The monoisotopic (exact) mass is 120 g/mol. The van der Waals surface area contributed by atoms with Gasteiger partial charge in [-0.25, -0.2) is 0 Å². The van der Waals surface area contributed by atoms with Gasteiger partial charge in [0.15, 0.2) is 0 Å². The summed E-state index contributed by atoms with van der Waals surface area (Å²) in [5, 5.41) is 0. The molecule has 0 fully saturated rings. The summed E-state index contributed by atoms with van der Waals surface area (Å²) >= 11 is 0. The van der Waals surface area contributed by atoms with Crippen LogP contribution < -0.4 is 0 Å². The molecule has 0 rings (SSSR count). The minimum atomic E-state index is 0.749. The summed E-state index contributed by atoms with van der Waals surface area (Å²) in [6.45, 7) is 0. The molecular weight excluding hydrogens is 115 g/mol. The van der Waals surface area contributed by atoms with Gasteiger partial charge in [0, 0.05) is 6.16 Å². The molecule has 0 saturated carbocycles. The zero-order valence-corrected chi connectivity index (χ0v) is 5.52. The molecular formula is C7H5P. The van der Waals surface area contributed by atoms with Crippen molar-refractivity contribution in [3.8, 4) is 36.0 Å². The predicted molar refractivity (Wildman–Crippen MR) is 39.0 cm³/mol. The Morgan fingerprint density at radius 1 is 1.25 bits per heavy atom. The normalized spacial score (nSPS) is 4.50. The van der Waals surface area contributed by atoms with Crippen LogP contribution in [0.1, 0.15) is 0 Å². The largest absolute Gasteiger partial charge is 0.125 e. The van der Waals surface area contributed by atoms with E-state index < -0.39 is 0 Å². The Hall–Kier alpha value is -0.890. The van der Waals surface area contributed by atoms with E-state index in [2.05, 4.69) is 38.8 Å². The summed E-state index contributed by atoms with van der Waals surface area (Å²) in [4.78, 5) is 0. The molecule has 0 bridgehead atoms. The molecule has 1 unspecified atom stereocenters. The minimum absolute atomic E-state index is 0.749. The zero-order valence-electron chi connectivity index (χ0n) is 4.36. The number of hydrogen-bond acceptors (Lipinski definition) is 0. The van der Waals surface area contributed by atoms with Crippen LogP contribution in [0.3, 0.4) is 0 Å². The Balaban J connectivity index is 3.61. The summed E-state index contributed by atoms with van der Waals surface area (Å²) < 4.78 is 0. The van der Waals surface area contributed by atoms with Gasteiger partial charge in [0.2, 0.25) is 0 Å². The van der Waals surface area contributed by atoms with Crippen molar-refractivity contribution in [3.63, 3.8) is 0 Å². The van der Waals surface area contributed by atoms with Crippen molar-refractivity contribution in [2.45, 2.75) is 0 Å². The van der Waals surface area contributed by atoms with Gasteiger partial charge in [-0.15, -0.1) is 15.7 Å². The topological polar surface area (TPSA) is 0 Å². The highest BCUT2D eigenvalue weighted by Crippen LogP contribution is 1.71. The van der Waals surface area contributed by atoms with E-state index in [1.165, 1.54) is 0 Å². The Labute approximate surface area is 52.3 Å². The molecule has 0 amide bonds. The molecule has 0 saturated heterocycles. The van der Waals surface area contributed by atoms with Crippen molar-refractivity contribution in [1.29, 1.82) is 0 Å². The molecule has 0 aromatic heterocycles. The smallest absolute Gasteiger partial charge is 0.0244 e. The van der Waals surface area contributed by atoms with Gasteiger partial charge in [-0.05, 0) is 23.7 Å². The van der Waals surface area contributed by atoms with E-state index in [0.717, 1.165) is 6.16 Å². The summed E-state index contributed by atoms with van der Waals surface area (Å²) in [5.74, 6) is 12.3. The van der Waals surface area contributed by atoms with Gasteiger partial charge in [0.1, 0.15) is 0 Å². The van der Waals surface area contributed by atoms with Crippen LogP contribution in [-0.2, 0) is 0 Å². The third kappa shape index (κ3) is 5.11. The average molecular weight is 120 g/mol. The van der Waals surface area contributed by atoms with Gasteiger partial charge in [0.25, 0.3) is 0 Å².